The Morgan fingerprint density at radius 1 is 1.08 bits per heavy atom. The smallest absolute Gasteiger partial charge is 0.184 e. The van der Waals surface area contributed by atoms with Gasteiger partial charge in [-0.1, -0.05) is 29.3 Å². The van der Waals surface area contributed by atoms with Gasteiger partial charge in [0.05, 0.1) is 21.2 Å². The van der Waals surface area contributed by atoms with Gasteiger partial charge in [-0.05, 0) is 30.7 Å². The molecule has 0 bridgehead atoms. The van der Waals surface area contributed by atoms with Crippen molar-refractivity contribution in [2.45, 2.75) is 17.6 Å². The Morgan fingerprint density at radius 2 is 1.79 bits per heavy atom. The fraction of sp³-hybridized carbons (Fsp3) is 0.125. The second kappa shape index (κ2) is 6.02. The molecule has 0 amide bonds. The van der Waals surface area contributed by atoms with Gasteiger partial charge in [-0.2, -0.15) is 0 Å². The van der Waals surface area contributed by atoms with Crippen molar-refractivity contribution in [3.63, 3.8) is 0 Å². The average Bonchev–Trinajstić information content (AvgIpc) is 2.94. The van der Waals surface area contributed by atoms with Crippen LogP contribution in [0.4, 0.5) is 8.78 Å². The molecule has 1 aromatic heterocycles. The molecule has 0 spiro atoms. The number of fused-ring (bicyclic) bond motifs is 1. The van der Waals surface area contributed by atoms with Crippen LogP contribution in [0.5, 0.6) is 0 Å². The number of aryl methyl sites for hydroxylation is 1. The number of rotatable bonds is 3. The molecule has 3 rings (SSSR count). The van der Waals surface area contributed by atoms with E-state index in [0.717, 1.165) is 12.1 Å². The van der Waals surface area contributed by atoms with Gasteiger partial charge < -0.3 is 4.98 Å². The van der Waals surface area contributed by atoms with Crippen LogP contribution in [0.15, 0.2) is 35.4 Å². The SMILES string of the molecule is Cc1c(Cl)ccc2c(S(=O)(=O)Cc3cc(F)c(Cl)cc3F)c[nH]c12. The van der Waals surface area contributed by atoms with Crippen LogP contribution in [-0.2, 0) is 15.6 Å². The number of hydrogen-bond donors (Lipinski definition) is 1. The molecule has 0 aliphatic heterocycles. The molecule has 24 heavy (non-hydrogen) atoms. The molecule has 3 aromatic rings. The lowest BCUT2D eigenvalue weighted by Crippen LogP contribution is -2.06. The minimum atomic E-state index is -3.90. The number of aromatic amines is 1. The minimum absolute atomic E-state index is 0.00650. The van der Waals surface area contributed by atoms with E-state index in [2.05, 4.69) is 4.98 Å². The molecule has 0 saturated heterocycles. The Hall–Kier alpha value is -1.63. The summed E-state index contributed by atoms with van der Waals surface area (Å²) in [5.41, 5.74) is 1.01. The number of hydrogen-bond acceptors (Lipinski definition) is 2. The number of nitrogens with one attached hydrogen (secondary N) is 1. The molecule has 0 saturated carbocycles. The van der Waals surface area contributed by atoms with Crippen molar-refractivity contribution in [2.75, 3.05) is 0 Å². The Bertz CT molecular complexity index is 1060. The van der Waals surface area contributed by atoms with Gasteiger partial charge >= 0.3 is 0 Å². The summed E-state index contributed by atoms with van der Waals surface area (Å²) in [6.45, 7) is 1.76. The first-order chi connectivity index (χ1) is 11.2. The van der Waals surface area contributed by atoms with Crippen LogP contribution in [0, 0.1) is 18.6 Å². The number of H-pyrrole nitrogens is 1. The third-order valence-corrected chi connectivity index (χ3v) is 6.18. The van der Waals surface area contributed by atoms with Crippen molar-refractivity contribution >= 4 is 43.9 Å². The van der Waals surface area contributed by atoms with Gasteiger partial charge in [0, 0.05) is 22.2 Å². The summed E-state index contributed by atoms with van der Waals surface area (Å²) in [4.78, 5) is 2.88. The van der Waals surface area contributed by atoms with Crippen LogP contribution < -0.4 is 0 Å². The molecule has 3 nitrogen and oxygen atoms in total. The summed E-state index contributed by atoms with van der Waals surface area (Å²) in [7, 11) is -3.90. The molecule has 8 heteroatoms. The van der Waals surface area contributed by atoms with E-state index in [1.54, 1.807) is 19.1 Å². The average molecular weight is 390 g/mol. The molecule has 2 aromatic carbocycles. The molecule has 126 valence electrons. The van der Waals surface area contributed by atoms with Gasteiger partial charge in [0.2, 0.25) is 0 Å². The maximum atomic E-state index is 13.9. The topological polar surface area (TPSA) is 49.9 Å². The van der Waals surface area contributed by atoms with Gasteiger partial charge in [-0.25, -0.2) is 17.2 Å². The van der Waals surface area contributed by atoms with Crippen LogP contribution in [-0.4, -0.2) is 13.4 Å². The normalized spacial score (nSPS) is 12.0. The molecule has 1 N–H and O–H groups in total. The lowest BCUT2D eigenvalue weighted by Gasteiger charge is -2.07. The highest BCUT2D eigenvalue weighted by Gasteiger charge is 2.23. The van der Waals surface area contributed by atoms with Crippen LogP contribution in [0.1, 0.15) is 11.1 Å². The Labute approximate surface area is 147 Å². The third-order valence-electron chi connectivity index (χ3n) is 3.78. The second-order valence-electron chi connectivity index (χ2n) is 5.36. The highest BCUT2D eigenvalue weighted by atomic mass is 35.5. The van der Waals surface area contributed by atoms with Gasteiger partial charge in [0.25, 0.3) is 0 Å². The molecule has 1 heterocycles. The standard InChI is InChI=1S/C16H11Cl2F2NO2S/c1-8-11(17)3-2-10-15(6-21-16(8)10)24(22,23)7-9-4-14(20)12(18)5-13(9)19/h2-6,21H,7H2,1H3. The van der Waals surface area contributed by atoms with E-state index in [1.165, 1.54) is 6.20 Å². The second-order valence-corrected chi connectivity index (χ2v) is 8.14. The summed E-state index contributed by atoms with van der Waals surface area (Å²) >= 11 is 11.5. The van der Waals surface area contributed by atoms with Crippen molar-refractivity contribution in [3.05, 3.63) is 63.3 Å². The molecule has 0 aliphatic carbocycles. The summed E-state index contributed by atoms with van der Waals surface area (Å²) < 4.78 is 52.7. The summed E-state index contributed by atoms with van der Waals surface area (Å²) in [5.74, 6) is -2.42. The van der Waals surface area contributed by atoms with E-state index in [-0.39, 0.29) is 10.5 Å². The van der Waals surface area contributed by atoms with E-state index < -0.39 is 32.2 Å². The zero-order valence-corrected chi connectivity index (χ0v) is 14.7. The van der Waals surface area contributed by atoms with Crippen molar-refractivity contribution in [1.29, 1.82) is 0 Å². The number of halogens is 4. The fourth-order valence-corrected chi connectivity index (χ4v) is 4.34. The fourth-order valence-electron chi connectivity index (χ4n) is 2.51. The lowest BCUT2D eigenvalue weighted by atomic mass is 10.2. The van der Waals surface area contributed by atoms with Crippen LogP contribution in [0.3, 0.4) is 0 Å². The van der Waals surface area contributed by atoms with E-state index >= 15 is 0 Å². The van der Waals surface area contributed by atoms with E-state index in [9.17, 15) is 17.2 Å². The van der Waals surface area contributed by atoms with Crippen LogP contribution >= 0.6 is 23.2 Å². The van der Waals surface area contributed by atoms with Crippen LogP contribution in [0.25, 0.3) is 10.9 Å². The maximum absolute atomic E-state index is 13.9. The maximum Gasteiger partial charge on any atom is 0.184 e. The van der Waals surface area contributed by atoms with Gasteiger partial charge in [0.1, 0.15) is 11.6 Å². The molecule has 0 atom stereocenters. The minimum Gasteiger partial charge on any atom is -0.360 e. The molecule has 0 unspecified atom stereocenters. The number of sulfone groups is 1. The summed E-state index contributed by atoms with van der Waals surface area (Å²) in [6, 6.07) is 4.73. The Kier molecular flexibility index (Phi) is 4.32. The van der Waals surface area contributed by atoms with Gasteiger partial charge in [-0.3, -0.25) is 0 Å². The monoisotopic (exact) mass is 389 g/mol. The quantitative estimate of drug-likeness (QED) is 0.638. The summed E-state index contributed by atoms with van der Waals surface area (Å²) in [5, 5.41) is 0.553. The first-order valence-electron chi connectivity index (χ1n) is 6.83. The Balaban J connectivity index is 2.09. The first kappa shape index (κ1) is 17.2. The lowest BCUT2D eigenvalue weighted by molar-refractivity contribution is 0.579. The molecule has 0 radical (unpaired) electrons. The molecular formula is C16H11Cl2F2NO2S. The molecular weight excluding hydrogens is 379 g/mol. The largest absolute Gasteiger partial charge is 0.360 e. The molecule has 0 aliphatic rings. The van der Waals surface area contributed by atoms with Crippen molar-refractivity contribution in [1.82, 2.24) is 4.98 Å². The van der Waals surface area contributed by atoms with Crippen molar-refractivity contribution < 1.29 is 17.2 Å². The zero-order valence-electron chi connectivity index (χ0n) is 12.3. The van der Waals surface area contributed by atoms with E-state index in [0.29, 0.717) is 21.5 Å². The number of aromatic nitrogens is 1. The highest BCUT2D eigenvalue weighted by molar-refractivity contribution is 7.90. The number of benzene rings is 2. The van der Waals surface area contributed by atoms with E-state index in [4.69, 9.17) is 23.2 Å². The first-order valence-corrected chi connectivity index (χ1v) is 9.24. The third kappa shape index (κ3) is 2.90. The Morgan fingerprint density at radius 3 is 2.50 bits per heavy atom. The predicted molar refractivity (Wildman–Crippen MR) is 90.3 cm³/mol. The zero-order chi connectivity index (χ0) is 17.6. The highest BCUT2D eigenvalue weighted by Crippen LogP contribution is 2.31. The van der Waals surface area contributed by atoms with Crippen molar-refractivity contribution in [2.24, 2.45) is 0 Å². The van der Waals surface area contributed by atoms with Gasteiger partial charge in [0.15, 0.2) is 9.84 Å². The van der Waals surface area contributed by atoms with Gasteiger partial charge in [-0.15, -0.1) is 0 Å². The van der Waals surface area contributed by atoms with E-state index in [1.807, 2.05) is 0 Å². The predicted octanol–water partition coefficient (Wildman–Crippen LogP) is 5.04. The van der Waals surface area contributed by atoms with Crippen molar-refractivity contribution in [3.8, 4) is 0 Å². The van der Waals surface area contributed by atoms with Crippen LogP contribution in [0.2, 0.25) is 10.0 Å². The molecule has 0 fully saturated rings. The summed E-state index contributed by atoms with van der Waals surface area (Å²) in [6.07, 6.45) is 1.33.